The molecule has 7 nitrogen and oxygen atoms in total. The Bertz CT molecular complexity index is 984. The summed E-state index contributed by atoms with van der Waals surface area (Å²) in [4.78, 5) is 22.6. The number of pyridine rings is 2. The number of carbonyl (C=O) groups is 1. The van der Waals surface area contributed by atoms with Crippen molar-refractivity contribution in [2.45, 2.75) is 45.2 Å². The van der Waals surface area contributed by atoms with Crippen LogP contribution in [-0.4, -0.2) is 52.6 Å². The van der Waals surface area contributed by atoms with Gasteiger partial charge in [-0.15, -0.1) is 0 Å². The molecule has 30 heavy (non-hydrogen) atoms. The number of carbonyl (C=O) groups excluding carboxylic acids is 1. The molecule has 2 aromatic rings. The number of ketones is 1. The van der Waals surface area contributed by atoms with Crippen molar-refractivity contribution in [3.8, 4) is 0 Å². The first-order valence-electron chi connectivity index (χ1n) is 10.1. The zero-order chi connectivity index (χ0) is 21.4. The van der Waals surface area contributed by atoms with Gasteiger partial charge in [0.25, 0.3) is 0 Å². The van der Waals surface area contributed by atoms with E-state index in [1.54, 1.807) is 6.07 Å². The normalized spacial score (nSPS) is 21.1. The monoisotopic (exact) mass is 449 g/mol. The van der Waals surface area contributed by atoms with Crippen LogP contribution in [0.1, 0.15) is 29.5 Å². The van der Waals surface area contributed by atoms with Gasteiger partial charge in [-0.3, -0.25) is 4.79 Å². The van der Waals surface area contributed by atoms with E-state index < -0.39 is 0 Å². The Morgan fingerprint density at radius 2 is 1.83 bits per heavy atom. The van der Waals surface area contributed by atoms with Gasteiger partial charge >= 0.3 is 0 Å². The lowest BCUT2D eigenvalue weighted by atomic mass is 9.95. The third kappa shape index (κ3) is 4.19. The highest BCUT2D eigenvalue weighted by Crippen LogP contribution is 2.37. The SMILES string of the molecule is Cc1cc(Cl)nc2c1CC(=O)[C@@H](CCO)N2.Cc1cc(Cl)nc2c1N1CC[C@H](C1)N2. The number of fused-ring (bicyclic) bond motifs is 5. The molecular weight excluding hydrogens is 425 g/mol. The van der Waals surface area contributed by atoms with E-state index >= 15 is 0 Å². The van der Waals surface area contributed by atoms with E-state index in [2.05, 4.69) is 32.4 Å². The summed E-state index contributed by atoms with van der Waals surface area (Å²) in [5, 5.41) is 16.3. The number of aliphatic hydroxyl groups excluding tert-OH is 1. The molecule has 5 rings (SSSR count). The smallest absolute Gasteiger partial charge is 0.159 e. The highest BCUT2D eigenvalue weighted by atomic mass is 35.5. The maximum absolute atomic E-state index is 11.7. The molecule has 3 aliphatic heterocycles. The van der Waals surface area contributed by atoms with E-state index in [4.69, 9.17) is 28.3 Å². The second-order valence-corrected chi connectivity index (χ2v) is 8.75. The first kappa shape index (κ1) is 21.2. The molecule has 1 saturated heterocycles. The highest BCUT2D eigenvalue weighted by molar-refractivity contribution is 6.30. The standard InChI is InChI=1S/C11H13ClN2O2.C10H12ClN3/c1-6-4-10(12)14-11-7(6)5-9(16)8(13-11)2-3-15;1-6-4-8(11)13-10-9(6)14-3-2-7(5-14)12-10/h4,8,15H,2-3,5H2,1H3,(H,13,14);4,7H,2-3,5H2,1H3,(H,12,13)/t8-;7-/m11/s1. The van der Waals surface area contributed by atoms with Crippen LogP contribution in [0.25, 0.3) is 0 Å². The number of aliphatic hydroxyl groups is 1. The van der Waals surface area contributed by atoms with Crippen molar-refractivity contribution in [3.63, 3.8) is 0 Å². The summed E-state index contributed by atoms with van der Waals surface area (Å²) < 4.78 is 0. The topological polar surface area (TPSA) is 90.4 Å². The van der Waals surface area contributed by atoms with Gasteiger partial charge in [0.05, 0.1) is 11.7 Å². The molecule has 0 spiro atoms. The first-order chi connectivity index (χ1) is 14.4. The van der Waals surface area contributed by atoms with Crippen molar-refractivity contribution in [1.82, 2.24) is 9.97 Å². The molecule has 3 N–H and O–H groups in total. The maximum Gasteiger partial charge on any atom is 0.159 e. The summed E-state index contributed by atoms with van der Waals surface area (Å²) in [7, 11) is 0. The first-order valence-corrected chi connectivity index (χ1v) is 10.9. The molecule has 160 valence electrons. The number of nitrogens with one attached hydrogen (secondary N) is 2. The number of aromatic nitrogens is 2. The van der Waals surface area contributed by atoms with Gasteiger partial charge in [0, 0.05) is 37.7 Å². The molecule has 3 aliphatic rings. The van der Waals surface area contributed by atoms with Crippen molar-refractivity contribution in [1.29, 1.82) is 0 Å². The molecule has 9 heteroatoms. The van der Waals surface area contributed by atoms with Crippen LogP contribution in [0.3, 0.4) is 0 Å². The van der Waals surface area contributed by atoms with Gasteiger partial charge in [-0.25, -0.2) is 9.97 Å². The summed E-state index contributed by atoms with van der Waals surface area (Å²) in [5.74, 6) is 1.72. The Morgan fingerprint density at radius 3 is 2.57 bits per heavy atom. The second kappa shape index (κ2) is 8.57. The van der Waals surface area contributed by atoms with Crippen molar-refractivity contribution < 1.29 is 9.90 Å². The van der Waals surface area contributed by atoms with Gasteiger partial charge in [0.1, 0.15) is 16.1 Å². The summed E-state index contributed by atoms with van der Waals surface area (Å²) in [5.41, 5.74) is 4.33. The number of hydrogen-bond donors (Lipinski definition) is 3. The Kier molecular flexibility index (Phi) is 6.04. The fourth-order valence-electron chi connectivity index (χ4n) is 4.31. The molecule has 0 unspecified atom stereocenters. The van der Waals surface area contributed by atoms with Crippen LogP contribution in [0.4, 0.5) is 17.3 Å². The molecule has 1 fully saturated rings. The van der Waals surface area contributed by atoms with Gasteiger partial charge in [-0.05, 0) is 49.9 Å². The van der Waals surface area contributed by atoms with E-state index in [-0.39, 0.29) is 18.4 Å². The Labute approximate surface area is 185 Å². The number of rotatable bonds is 2. The minimum atomic E-state index is -0.345. The Hall–Kier alpha value is -2.09. The third-order valence-electron chi connectivity index (χ3n) is 5.78. The van der Waals surface area contributed by atoms with Crippen LogP contribution in [0.15, 0.2) is 12.1 Å². The number of nitrogens with zero attached hydrogens (tertiary/aromatic N) is 3. The van der Waals surface area contributed by atoms with E-state index in [9.17, 15) is 4.79 Å². The van der Waals surface area contributed by atoms with Gasteiger partial charge in [0.2, 0.25) is 0 Å². The summed E-state index contributed by atoms with van der Waals surface area (Å²) in [6, 6.07) is 3.90. The lowest BCUT2D eigenvalue weighted by Crippen LogP contribution is -2.37. The van der Waals surface area contributed by atoms with Gasteiger partial charge < -0.3 is 20.6 Å². The van der Waals surface area contributed by atoms with Crippen LogP contribution in [0, 0.1) is 13.8 Å². The minimum absolute atomic E-state index is 0.0156. The van der Waals surface area contributed by atoms with Crippen molar-refractivity contribution in [2.75, 3.05) is 35.2 Å². The zero-order valence-corrected chi connectivity index (χ0v) is 18.5. The average Bonchev–Trinajstić information content (AvgIpc) is 3.04. The molecule has 0 radical (unpaired) electrons. The van der Waals surface area contributed by atoms with Gasteiger partial charge in [-0.2, -0.15) is 0 Å². The summed E-state index contributed by atoms with van der Waals surface area (Å²) in [6.07, 6.45) is 1.97. The molecule has 0 saturated carbocycles. The lowest BCUT2D eigenvalue weighted by Gasteiger charge is -2.29. The van der Waals surface area contributed by atoms with Crippen molar-refractivity contribution >= 4 is 46.3 Å². The van der Waals surface area contributed by atoms with Crippen molar-refractivity contribution in [2.24, 2.45) is 0 Å². The van der Waals surface area contributed by atoms with E-state index in [1.807, 2.05) is 13.0 Å². The van der Waals surface area contributed by atoms with Gasteiger partial charge in [0.15, 0.2) is 11.6 Å². The molecular formula is C21H25Cl2N5O2. The van der Waals surface area contributed by atoms with Crippen LogP contribution >= 0.6 is 23.2 Å². The number of hydrogen-bond acceptors (Lipinski definition) is 7. The summed E-state index contributed by atoms with van der Waals surface area (Å²) >= 11 is 11.8. The fourth-order valence-corrected chi connectivity index (χ4v) is 4.80. The highest BCUT2D eigenvalue weighted by Gasteiger charge is 2.32. The van der Waals surface area contributed by atoms with E-state index in [0.717, 1.165) is 30.0 Å². The number of aryl methyl sites for hydroxylation is 2. The fraction of sp³-hybridized carbons (Fsp3) is 0.476. The average molecular weight is 450 g/mol. The van der Waals surface area contributed by atoms with Crippen LogP contribution in [-0.2, 0) is 11.2 Å². The quantitative estimate of drug-likeness (QED) is 0.605. The largest absolute Gasteiger partial charge is 0.396 e. The molecule has 2 bridgehead atoms. The third-order valence-corrected chi connectivity index (χ3v) is 6.17. The van der Waals surface area contributed by atoms with Crippen LogP contribution in [0.5, 0.6) is 0 Å². The van der Waals surface area contributed by atoms with Crippen LogP contribution < -0.4 is 15.5 Å². The van der Waals surface area contributed by atoms with Crippen LogP contribution in [0.2, 0.25) is 10.3 Å². The number of halogens is 2. The predicted molar refractivity (Wildman–Crippen MR) is 120 cm³/mol. The molecule has 0 aromatic carbocycles. The zero-order valence-electron chi connectivity index (χ0n) is 17.0. The van der Waals surface area contributed by atoms with E-state index in [1.165, 1.54) is 17.7 Å². The lowest BCUT2D eigenvalue weighted by molar-refractivity contribution is -0.119. The van der Waals surface area contributed by atoms with Crippen molar-refractivity contribution in [3.05, 3.63) is 39.1 Å². The molecule has 0 aliphatic carbocycles. The summed E-state index contributed by atoms with van der Waals surface area (Å²) in [6.45, 7) is 6.23. The van der Waals surface area contributed by atoms with Gasteiger partial charge in [-0.1, -0.05) is 23.2 Å². The van der Waals surface area contributed by atoms with E-state index in [0.29, 0.717) is 35.0 Å². The molecule has 5 heterocycles. The molecule has 2 aromatic heterocycles. The molecule has 0 amide bonds. The minimum Gasteiger partial charge on any atom is -0.396 e. The second-order valence-electron chi connectivity index (χ2n) is 7.98. The number of anilines is 3. The Balaban J connectivity index is 0.000000146. The molecule has 2 atom stereocenters. The number of Topliss-reactive ketones (excluding diaryl/α,β-unsaturated/α-hetero) is 1. The maximum atomic E-state index is 11.7. The predicted octanol–water partition coefficient (Wildman–Crippen LogP) is 3.38. The Morgan fingerprint density at radius 1 is 1.13 bits per heavy atom.